The summed E-state index contributed by atoms with van der Waals surface area (Å²) in [6.07, 6.45) is 7.07. The van der Waals surface area contributed by atoms with Crippen LogP contribution in [0.3, 0.4) is 0 Å². The van der Waals surface area contributed by atoms with Crippen LogP contribution >= 0.6 is 0 Å². The Labute approximate surface area is 621 Å². The van der Waals surface area contributed by atoms with Crippen LogP contribution in [0.4, 0.5) is 0 Å². The van der Waals surface area contributed by atoms with Gasteiger partial charge in [-0.1, -0.05) is 127 Å². The van der Waals surface area contributed by atoms with Gasteiger partial charge in [-0.25, -0.2) is 0 Å². The Kier molecular flexibility index (Phi) is 38.1. The van der Waals surface area contributed by atoms with E-state index in [0.717, 1.165) is 16.5 Å². The van der Waals surface area contributed by atoms with Crippen LogP contribution in [0.1, 0.15) is 195 Å². The molecule has 1 heterocycles. The van der Waals surface area contributed by atoms with Crippen molar-refractivity contribution in [2.75, 3.05) is 33.2 Å². The fourth-order valence-electron chi connectivity index (χ4n) is 13.8. The maximum atomic E-state index is 15.4. The molecule has 19 N–H and O–H groups in total. The van der Waals surface area contributed by atoms with Gasteiger partial charge < -0.3 is 65.1 Å². The number of aliphatic imine (C=N–C) groups is 1. The van der Waals surface area contributed by atoms with Crippen molar-refractivity contribution in [2.24, 2.45) is 74.9 Å². The molecule has 0 radical (unpaired) electrons. The third-order valence-electron chi connectivity index (χ3n) is 20.1. The zero-order valence-corrected chi connectivity index (χ0v) is 64.0. The number of carbonyl (C=O) groups is 10. The second-order valence-corrected chi connectivity index (χ2v) is 30.3. The van der Waals surface area contributed by atoms with Gasteiger partial charge in [0.05, 0.1) is 47.2 Å². The molecule has 0 fully saturated rings. The molecule has 105 heavy (non-hydrogen) atoms. The Hall–Kier alpha value is -8.07. The van der Waals surface area contributed by atoms with Gasteiger partial charge >= 0.3 is 5.97 Å². The van der Waals surface area contributed by atoms with Crippen molar-refractivity contribution in [1.29, 1.82) is 0 Å². The van der Waals surface area contributed by atoms with E-state index in [1.54, 1.807) is 77.9 Å². The Morgan fingerprint density at radius 1 is 0.552 bits per heavy atom. The Balaban J connectivity index is 1.68. The molecule has 0 spiro atoms. The number of aliphatic carboxylic acids is 1. The lowest BCUT2D eigenvalue weighted by Crippen LogP contribution is -2.58. The molecule has 0 aliphatic carbocycles. The number of carbonyl (C=O) groups excluding carboxylic acids is 9. The van der Waals surface area contributed by atoms with Gasteiger partial charge in [0.1, 0.15) is 11.8 Å². The topological polar surface area (TPSA) is 447 Å². The normalized spacial score (nSPS) is 14.8. The molecule has 0 aliphatic heterocycles. The van der Waals surface area contributed by atoms with Crippen molar-refractivity contribution >= 4 is 75.3 Å². The number of likely N-dealkylation sites (N-methyl/N-ethyl adjacent to an activating group) is 1. The zero-order valence-electron chi connectivity index (χ0n) is 64.0. The molecule has 3 amide bonds. The predicted octanol–water partition coefficient (Wildman–Crippen LogP) is 6.97. The first-order valence-electron chi connectivity index (χ1n) is 37.8. The quantitative estimate of drug-likeness (QED) is 0.0121. The number of para-hydroxylation sites is 1. The number of hydrogen-bond acceptors (Lipinski definition) is 18. The van der Waals surface area contributed by atoms with Crippen LogP contribution in [-0.4, -0.2) is 165 Å². The summed E-state index contributed by atoms with van der Waals surface area (Å²) in [6, 6.07) is 16.5. The molecule has 1 aromatic heterocycles. The number of benzene rings is 3. The molecule has 0 bridgehead atoms. The number of aromatic hydroxyl groups is 1. The number of nitrogens with zero attached hydrogens (tertiary/aromatic N) is 2. The number of aromatic nitrogens is 1. The first-order valence-corrected chi connectivity index (χ1v) is 37.8. The number of nitrogens with two attached hydrogens (primary N) is 6. The molecule has 25 heteroatoms. The molecule has 0 saturated heterocycles. The third-order valence-corrected chi connectivity index (χ3v) is 20.1. The van der Waals surface area contributed by atoms with E-state index in [4.69, 9.17) is 34.4 Å². The Morgan fingerprint density at radius 3 is 1.66 bits per heavy atom. The molecule has 582 valence electrons. The van der Waals surface area contributed by atoms with E-state index in [1.807, 2.05) is 57.3 Å². The molecule has 4 rings (SSSR count). The Bertz CT molecular complexity index is 3460. The SMILES string of the molecule is CCCC[C@H](NC(C)(C)C(=O)[C@@H](CC(=O)[C@@H](NC(=O)[C@@H](CC(=O)[C@H](Cc1ccccc1)NC(=O)[C@H](CCCN=C(N)N)N(C)C(=O)[C@H](N)CCCCN)Cc1ccc(O)cc1)C(C)C)C(C)C)C(=O)C[C@@H](Cc1c[nH]c2ccccc12)C(=O)C(C)(C)N[C@@H](CCCCN)C(=O)C[C@@H](CCCCN)C(=O)O. The number of amides is 3. The summed E-state index contributed by atoms with van der Waals surface area (Å²) in [6.45, 7) is 17.2. The van der Waals surface area contributed by atoms with Crippen LogP contribution in [0.2, 0.25) is 0 Å². The smallest absolute Gasteiger partial charge is 0.306 e. The van der Waals surface area contributed by atoms with Gasteiger partial charge in [0.25, 0.3) is 0 Å². The van der Waals surface area contributed by atoms with Crippen LogP contribution < -0.4 is 55.7 Å². The van der Waals surface area contributed by atoms with Crippen molar-refractivity contribution in [3.8, 4) is 5.75 Å². The van der Waals surface area contributed by atoms with Crippen molar-refractivity contribution in [3.63, 3.8) is 0 Å². The lowest BCUT2D eigenvalue weighted by molar-refractivity contribution is -0.144. The largest absolute Gasteiger partial charge is 0.508 e. The maximum Gasteiger partial charge on any atom is 0.306 e. The molecular weight excluding hydrogens is 1330 g/mol. The number of fused-ring (bicyclic) bond motifs is 1. The molecule has 0 unspecified atom stereocenters. The number of carboxylic acid groups (broad SMARTS) is 1. The summed E-state index contributed by atoms with van der Waals surface area (Å²) in [4.78, 5) is 155. The van der Waals surface area contributed by atoms with Gasteiger partial charge in [-0.2, -0.15) is 0 Å². The van der Waals surface area contributed by atoms with Crippen LogP contribution in [0.15, 0.2) is 90.1 Å². The lowest BCUT2D eigenvalue weighted by Gasteiger charge is -2.36. The highest BCUT2D eigenvalue weighted by molar-refractivity contribution is 6.00. The number of phenols is 1. The number of phenolic OH excluding ortho intramolecular Hbond substituents is 1. The van der Waals surface area contributed by atoms with Gasteiger partial charge in [0.15, 0.2) is 40.7 Å². The highest BCUT2D eigenvalue weighted by Gasteiger charge is 2.44. The van der Waals surface area contributed by atoms with Gasteiger partial charge in [0.2, 0.25) is 17.7 Å². The molecule has 0 saturated carbocycles. The van der Waals surface area contributed by atoms with Crippen molar-refractivity contribution < 1.29 is 58.2 Å². The fraction of sp³-hybridized carbons (Fsp3) is 0.613. The van der Waals surface area contributed by atoms with Crippen LogP contribution in [0, 0.1) is 35.5 Å². The average molecular weight is 1460 g/mol. The standard InChI is InChI=1S/C80H125N13O12/c1-11-12-30-63(68(96)46-55(44-57-49-88-62-31-17-16-28-59(57)62)72(99)79(6,7)91-64(32-20-23-40-83)67(95)45-54(77(104)105)27-18-21-38-81)92-80(8,9)73(100)60(50(2)3)48-70(98)71(51(4)5)90-74(101)56(42-53-34-36-58(94)37-35-53)47-69(97)65(43-52-25-14-13-15-26-52)89-75(102)66(33-24-41-87-78(85)86)93(10)76(103)61(84)29-19-22-39-82/h13-17,25-26,28,31,34-37,49-51,54-56,60-61,63-66,71,88,91-92,94H,11-12,18-24,27,29-30,32-33,38-48,81-84H2,1-10H3,(H,89,102)(H,90,101)(H,104,105)(H4,85,86,87)/t54-,55-,56-,60+,61-,63+,64+,65+,66+,71+/m1/s1. The van der Waals surface area contributed by atoms with Crippen LogP contribution in [-0.2, 0) is 67.2 Å². The van der Waals surface area contributed by atoms with Crippen LogP contribution in [0.25, 0.3) is 10.9 Å². The summed E-state index contributed by atoms with van der Waals surface area (Å²) in [5.41, 5.74) is 34.9. The number of rotatable bonds is 54. The molecular formula is C80H125N13O12. The second kappa shape index (κ2) is 44.8. The van der Waals surface area contributed by atoms with E-state index >= 15 is 28.8 Å². The summed E-state index contributed by atoms with van der Waals surface area (Å²) in [7, 11) is 1.48. The zero-order chi connectivity index (χ0) is 78.1. The highest BCUT2D eigenvalue weighted by atomic mass is 16.4. The molecule has 25 nitrogen and oxygen atoms in total. The van der Waals surface area contributed by atoms with E-state index in [9.17, 15) is 29.4 Å². The minimum Gasteiger partial charge on any atom is -0.508 e. The van der Waals surface area contributed by atoms with Gasteiger partial charge in [-0.15, -0.1) is 0 Å². The van der Waals surface area contributed by atoms with E-state index in [1.165, 1.54) is 24.1 Å². The van der Waals surface area contributed by atoms with Gasteiger partial charge in [-0.05, 0) is 171 Å². The summed E-state index contributed by atoms with van der Waals surface area (Å²) >= 11 is 0. The molecule has 3 aromatic carbocycles. The summed E-state index contributed by atoms with van der Waals surface area (Å²) in [5, 5.41) is 34.0. The van der Waals surface area contributed by atoms with Crippen molar-refractivity contribution in [3.05, 3.63) is 102 Å². The second-order valence-electron chi connectivity index (χ2n) is 30.3. The number of Topliss-reactive ketones (excluding diaryl/α,β-unsaturated/α-hetero) is 6. The number of hydrogen-bond donors (Lipinski definition) is 13. The predicted molar refractivity (Wildman–Crippen MR) is 412 cm³/mol. The number of unbranched alkanes of at least 4 members (excludes halogenated alkanes) is 4. The molecule has 0 aliphatic rings. The fourth-order valence-corrected chi connectivity index (χ4v) is 13.8. The molecule has 4 aromatic rings. The van der Waals surface area contributed by atoms with E-state index in [2.05, 4.69) is 31.2 Å². The summed E-state index contributed by atoms with van der Waals surface area (Å²) < 4.78 is 0. The maximum absolute atomic E-state index is 15.4. The number of aromatic amines is 1. The average Bonchev–Trinajstić information content (AvgIpc) is 1.77. The first-order chi connectivity index (χ1) is 49.7. The number of guanidine groups is 1. The van der Waals surface area contributed by atoms with Crippen molar-refractivity contribution in [1.82, 2.24) is 31.2 Å². The number of nitrogens with one attached hydrogen (secondary N) is 5. The minimum absolute atomic E-state index is 0.00673. The number of H-pyrrole nitrogens is 1. The monoisotopic (exact) mass is 1460 g/mol. The third kappa shape index (κ3) is 29.3. The number of carboxylic acids is 1. The minimum atomic E-state index is -1.44. The van der Waals surface area contributed by atoms with Crippen LogP contribution in [0.5, 0.6) is 5.75 Å². The van der Waals surface area contributed by atoms with E-state index < -0.39 is 125 Å². The van der Waals surface area contributed by atoms with Gasteiger partial charge in [0, 0.05) is 74.1 Å². The summed E-state index contributed by atoms with van der Waals surface area (Å²) in [5.74, 6) is -10.3. The van der Waals surface area contributed by atoms with E-state index in [0.29, 0.717) is 101 Å². The Morgan fingerprint density at radius 2 is 1.09 bits per heavy atom. The molecule has 10 atom stereocenters. The van der Waals surface area contributed by atoms with E-state index in [-0.39, 0.29) is 99.2 Å². The van der Waals surface area contributed by atoms with Gasteiger partial charge in [-0.3, -0.25) is 63.6 Å². The number of ketones is 6. The highest BCUT2D eigenvalue weighted by Crippen LogP contribution is 2.31. The van der Waals surface area contributed by atoms with Crippen molar-refractivity contribution in [2.45, 2.75) is 244 Å². The lowest BCUT2D eigenvalue weighted by atomic mass is 9.77. The first kappa shape index (κ1) is 89.3.